The molecule has 0 saturated carbocycles. The third-order valence-corrected chi connectivity index (χ3v) is 3.71. The van der Waals surface area contributed by atoms with Crippen molar-refractivity contribution >= 4 is 0 Å². The lowest BCUT2D eigenvalue weighted by molar-refractivity contribution is 0.247. The lowest BCUT2D eigenvalue weighted by Crippen LogP contribution is -2.05. The Bertz CT molecular complexity index is 646. The topological polar surface area (TPSA) is 46.6 Å². The van der Waals surface area contributed by atoms with Crippen molar-refractivity contribution in [1.29, 1.82) is 5.26 Å². The van der Waals surface area contributed by atoms with E-state index >= 15 is 0 Å². The summed E-state index contributed by atoms with van der Waals surface area (Å²) in [5, 5.41) is 8.58. The van der Waals surface area contributed by atoms with E-state index in [1.807, 2.05) is 48.5 Å². The molecule has 128 valence electrons. The van der Waals surface area contributed by atoms with Gasteiger partial charge in [0.25, 0.3) is 0 Å². The van der Waals surface area contributed by atoms with Gasteiger partial charge in [-0.15, -0.1) is 0 Å². The number of nitriles is 1. The highest BCUT2D eigenvalue weighted by Gasteiger charge is 1.99. The fraction of sp³-hybridized carbons (Fsp3) is 0.333. The molecule has 0 bridgehead atoms. The third-order valence-electron chi connectivity index (χ3n) is 3.71. The van der Waals surface area contributed by atoms with Gasteiger partial charge in [0, 0.05) is 19.3 Å². The minimum absolute atomic E-state index is 0.525. The molecule has 0 N–H and O–H groups in total. The molecule has 0 spiro atoms. The van der Waals surface area contributed by atoms with Crippen molar-refractivity contribution in [2.24, 2.45) is 0 Å². The molecule has 2 aromatic carbocycles. The molecular formula is C21H22N2O2. The quantitative estimate of drug-likeness (QED) is 0.476. The van der Waals surface area contributed by atoms with Gasteiger partial charge in [-0.05, 0) is 41.8 Å². The Hall–Kier alpha value is -2.98. The van der Waals surface area contributed by atoms with E-state index in [9.17, 15) is 0 Å². The number of benzene rings is 2. The largest absolute Gasteiger partial charge is 0.493 e. The standard InChI is InChI=1S/C21H22N2O2/c1-23-15-13-19-7-11-21(12-8-19)25-17-3-16-24-20-9-5-18(6-10-20)4-2-14-22/h5-12H,2-4,13,15-17H2. The monoisotopic (exact) mass is 334 g/mol. The van der Waals surface area contributed by atoms with Crippen LogP contribution < -0.4 is 9.47 Å². The van der Waals surface area contributed by atoms with Gasteiger partial charge in [-0.2, -0.15) is 5.26 Å². The molecule has 0 aliphatic carbocycles. The van der Waals surface area contributed by atoms with Crippen LogP contribution in [-0.2, 0) is 12.8 Å². The Balaban J connectivity index is 1.63. The van der Waals surface area contributed by atoms with Crippen molar-refractivity contribution in [3.8, 4) is 17.6 Å². The van der Waals surface area contributed by atoms with Gasteiger partial charge < -0.3 is 14.3 Å². The van der Waals surface area contributed by atoms with Gasteiger partial charge in [0.15, 0.2) is 0 Å². The van der Waals surface area contributed by atoms with E-state index in [0.29, 0.717) is 26.2 Å². The highest BCUT2D eigenvalue weighted by Crippen LogP contribution is 2.15. The lowest BCUT2D eigenvalue weighted by Gasteiger charge is -2.09. The Kier molecular flexibility index (Phi) is 7.88. The van der Waals surface area contributed by atoms with Crippen LogP contribution in [-0.4, -0.2) is 19.8 Å². The van der Waals surface area contributed by atoms with Gasteiger partial charge in [0.05, 0.1) is 19.3 Å². The normalized spacial score (nSPS) is 9.84. The molecule has 2 rings (SSSR count). The molecule has 0 aliphatic rings. The lowest BCUT2D eigenvalue weighted by atomic mass is 10.1. The van der Waals surface area contributed by atoms with E-state index in [1.165, 1.54) is 0 Å². The second-order valence-corrected chi connectivity index (χ2v) is 5.63. The smallest absolute Gasteiger partial charge is 0.218 e. The third kappa shape index (κ3) is 6.97. The Morgan fingerprint density at radius 2 is 1.36 bits per heavy atom. The van der Waals surface area contributed by atoms with Crippen molar-refractivity contribution in [2.75, 3.05) is 19.8 Å². The number of hydrogen-bond donors (Lipinski definition) is 0. The molecule has 0 heterocycles. The van der Waals surface area contributed by atoms with E-state index in [1.54, 1.807) is 0 Å². The van der Waals surface area contributed by atoms with E-state index < -0.39 is 0 Å². The SMILES string of the molecule is [C-]#[N+]CCc1ccc(OCCCOc2ccc(CCC#N)cc2)cc1. The fourth-order valence-corrected chi connectivity index (χ4v) is 2.33. The minimum Gasteiger partial charge on any atom is -0.493 e. The number of hydrogen-bond acceptors (Lipinski definition) is 3. The summed E-state index contributed by atoms with van der Waals surface area (Å²) in [7, 11) is 0. The summed E-state index contributed by atoms with van der Waals surface area (Å²) >= 11 is 0. The van der Waals surface area contributed by atoms with Crippen LogP contribution in [0.15, 0.2) is 48.5 Å². The van der Waals surface area contributed by atoms with Gasteiger partial charge in [0.1, 0.15) is 11.5 Å². The van der Waals surface area contributed by atoms with Crippen LogP contribution in [0.1, 0.15) is 24.0 Å². The number of nitrogens with zero attached hydrogens (tertiary/aromatic N) is 2. The summed E-state index contributed by atoms with van der Waals surface area (Å²) < 4.78 is 11.4. The van der Waals surface area contributed by atoms with E-state index in [0.717, 1.165) is 41.9 Å². The van der Waals surface area contributed by atoms with Gasteiger partial charge in [-0.1, -0.05) is 24.3 Å². The summed E-state index contributed by atoms with van der Waals surface area (Å²) in [5.41, 5.74) is 2.31. The molecule has 0 aliphatic heterocycles. The number of aryl methyl sites for hydroxylation is 1. The van der Waals surface area contributed by atoms with Crippen LogP contribution in [0.4, 0.5) is 0 Å². The van der Waals surface area contributed by atoms with Crippen LogP contribution in [0.2, 0.25) is 0 Å². The zero-order chi connectivity index (χ0) is 17.7. The predicted octanol–water partition coefficient (Wildman–Crippen LogP) is 4.45. The zero-order valence-corrected chi connectivity index (χ0v) is 14.3. The summed E-state index contributed by atoms with van der Waals surface area (Å²) in [6.45, 7) is 8.52. The van der Waals surface area contributed by atoms with Gasteiger partial charge in [-0.25, -0.2) is 6.57 Å². The molecular weight excluding hydrogens is 312 g/mol. The first-order chi connectivity index (χ1) is 12.3. The van der Waals surface area contributed by atoms with Gasteiger partial charge >= 0.3 is 0 Å². The Morgan fingerprint density at radius 1 is 0.840 bits per heavy atom. The van der Waals surface area contributed by atoms with Crippen molar-refractivity contribution in [3.63, 3.8) is 0 Å². The average Bonchev–Trinajstić information content (AvgIpc) is 2.66. The van der Waals surface area contributed by atoms with Crippen molar-refractivity contribution in [3.05, 3.63) is 71.1 Å². The zero-order valence-electron chi connectivity index (χ0n) is 14.3. The molecule has 0 aromatic heterocycles. The van der Waals surface area contributed by atoms with Crippen LogP contribution >= 0.6 is 0 Å². The second-order valence-electron chi connectivity index (χ2n) is 5.63. The minimum atomic E-state index is 0.525. The van der Waals surface area contributed by atoms with Crippen LogP contribution in [0.5, 0.6) is 11.5 Å². The summed E-state index contributed by atoms with van der Waals surface area (Å²) in [6, 6.07) is 17.9. The van der Waals surface area contributed by atoms with E-state index in [2.05, 4.69) is 10.9 Å². The van der Waals surface area contributed by atoms with Crippen molar-refractivity contribution < 1.29 is 9.47 Å². The molecule has 0 fully saturated rings. The Labute approximate surface area is 149 Å². The molecule has 4 heteroatoms. The maximum Gasteiger partial charge on any atom is 0.218 e. The van der Waals surface area contributed by atoms with Gasteiger partial charge in [0.2, 0.25) is 6.54 Å². The highest BCUT2D eigenvalue weighted by molar-refractivity contribution is 5.28. The number of ether oxygens (including phenoxy) is 2. The molecule has 0 amide bonds. The molecule has 4 nitrogen and oxygen atoms in total. The second kappa shape index (κ2) is 10.7. The Morgan fingerprint density at radius 3 is 1.84 bits per heavy atom. The van der Waals surface area contributed by atoms with Crippen molar-refractivity contribution in [2.45, 2.75) is 25.7 Å². The van der Waals surface area contributed by atoms with Gasteiger partial charge in [-0.3, -0.25) is 0 Å². The first-order valence-corrected chi connectivity index (χ1v) is 8.45. The van der Waals surface area contributed by atoms with E-state index in [-0.39, 0.29) is 0 Å². The predicted molar refractivity (Wildman–Crippen MR) is 97.6 cm³/mol. The first-order valence-electron chi connectivity index (χ1n) is 8.45. The maximum atomic E-state index is 8.58. The average molecular weight is 334 g/mol. The van der Waals surface area contributed by atoms with Crippen LogP contribution in [0.3, 0.4) is 0 Å². The molecule has 0 unspecified atom stereocenters. The summed E-state index contributed by atoms with van der Waals surface area (Å²) in [4.78, 5) is 3.36. The van der Waals surface area contributed by atoms with E-state index in [4.69, 9.17) is 21.3 Å². The summed E-state index contributed by atoms with van der Waals surface area (Å²) in [6.07, 6.45) is 2.90. The number of rotatable bonds is 10. The molecule has 0 radical (unpaired) electrons. The molecule has 0 atom stereocenters. The first kappa shape index (κ1) is 18.4. The molecule has 25 heavy (non-hydrogen) atoms. The summed E-state index contributed by atoms with van der Waals surface area (Å²) in [5.74, 6) is 1.68. The van der Waals surface area contributed by atoms with Crippen LogP contribution in [0, 0.1) is 17.9 Å². The fourth-order valence-electron chi connectivity index (χ4n) is 2.33. The van der Waals surface area contributed by atoms with Crippen molar-refractivity contribution in [1.82, 2.24) is 0 Å². The maximum absolute atomic E-state index is 8.58. The molecule has 2 aromatic rings. The van der Waals surface area contributed by atoms with Crippen LogP contribution in [0.25, 0.3) is 4.85 Å². The molecule has 0 saturated heterocycles. The highest BCUT2D eigenvalue weighted by atomic mass is 16.5.